The van der Waals surface area contributed by atoms with Gasteiger partial charge in [-0.15, -0.1) is 0 Å². The van der Waals surface area contributed by atoms with Crippen molar-refractivity contribution < 1.29 is 14.2 Å². The van der Waals surface area contributed by atoms with E-state index in [1.54, 1.807) is 7.11 Å². The molecule has 0 bridgehead atoms. The number of aryl methyl sites for hydroxylation is 1. The van der Waals surface area contributed by atoms with Gasteiger partial charge in [0.15, 0.2) is 5.82 Å². The fourth-order valence-corrected chi connectivity index (χ4v) is 5.42. The number of rotatable bonds is 12. The van der Waals surface area contributed by atoms with Crippen molar-refractivity contribution >= 4 is 19.7 Å². The molecule has 4 aromatic rings. The van der Waals surface area contributed by atoms with Crippen LogP contribution >= 0.6 is 11.6 Å². The van der Waals surface area contributed by atoms with Crippen molar-refractivity contribution in [2.24, 2.45) is 5.41 Å². The van der Waals surface area contributed by atoms with Crippen molar-refractivity contribution in [3.63, 3.8) is 0 Å². The predicted octanol–water partition coefficient (Wildman–Crippen LogP) is 8.14. The standard InChI is InChI=1S/C32H39ClN4O3Si/c1-22-15-29(40-20-32(2)11-12-32)34-18-26(22)24-16-27(33)30(35-17-24)31-36-28(23-7-9-25(38-3)10-8-23)19-37(31)21-39-13-14-41(4,5)6/h7-10,15-19H,11-14,20-21H2,1-6H3. The summed E-state index contributed by atoms with van der Waals surface area (Å²) in [6.07, 6.45) is 8.08. The molecule has 1 fully saturated rings. The molecule has 3 heterocycles. The van der Waals surface area contributed by atoms with Crippen molar-refractivity contribution in [2.45, 2.75) is 59.1 Å². The lowest BCUT2D eigenvalue weighted by Crippen LogP contribution is -2.22. The first-order valence-electron chi connectivity index (χ1n) is 14.1. The number of hydrogen-bond acceptors (Lipinski definition) is 6. The van der Waals surface area contributed by atoms with Crippen molar-refractivity contribution in [1.82, 2.24) is 19.5 Å². The Morgan fingerprint density at radius 2 is 1.78 bits per heavy atom. The fourth-order valence-electron chi connectivity index (χ4n) is 4.41. The zero-order valence-corrected chi connectivity index (χ0v) is 26.6. The second kappa shape index (κ2) is 12.0. The summed E-state index contributed by atoms with van der Waals surface area (Å²) in [4.78, 5) is 14.3. The first kappa shape index (κ1) is 29.3. The van der Waals surface area contributed by atoms with E-state index in [2.05, 4.69) is 38.5 Å². The molecular weight excluding hydrogens is 552 g/mol. The minimum atomic E-state index is -1.20. The lowest BCUT2D eigenvalue weighted by Gasteiger charge is -2.16. The Hall–Kier alpha value is -3.20. The third-order valence-corrected chi connectivity index (χ3v) is 9.50. The van der Waals surface area contributed by atoms with E-state index in [4.69, 9.17) is 35.8 Å². The topological polar surface area (TPSA) is 71.3 Å². The number of pyridine rings is 2. The van der Waals surface area contributed by atoms with Gasteiger partial charge in [-0.1, -0.05) is 38.2 Å². The number of methoxy groups -OCH3 is 1. The smallest absolute Gasteiger partial charge is 0.213 e. The maximum absolute atomic E-state index is 6.88. The van der Waals surface area contributed by atoms with Crippen molar-refractivity contribution in [3.05, 3.63) is 65.6 Å². The summed E-state index contributed by atoms with van der Waals surface area (Å²) in [6, 6.07) is 12.8. The molecule has 0 unspecified atom stereocenters. The molecule has 0 amide bonds. The SMILES string of the molecule is COc1ccc(-c2cn(COCC[Si](C)(C)C)c(-c3ncc(-c4cnc(OCC5(C)CC5)cc4C)cc3Cl)n2)cc1. The van der Waals surface area contributed by atoms with Gasteiger partial charge in [0, 0.05) is 61.4 Å². The largest absolute Gasteiger partial charge is 0.497 e. The van der Waals surface area contributed by atoms with E-state index in [1.165, 1.54) is 12.8 Å². The maximum Gasteiger partial charge on any atom is 0.213 e. The summed E-state index contributed by atoms with van der Waals surface area (Å²) >= 11 is 6.88. The van der Waals surface area contributed by atoms with Crippen LogP contribution in [-0.4, -0.2) is 47.9 Å². The summed E-state index contributed by atoms with van der Waals surface area (Å²) in [7, 11) is 0.455. The Morgan fingerprint density at radius 1 is 1.02 bits per heavy atom. The summed E-state index contributed by atoms with van der Waals surface area (Å²) in [5.74, 6) is 2.11. The molecule has 1 aliphatic carbocycles. The zero-order chi connectivity index (χ0) is 29.2. The Kier molecular flexibility index (Phi) is 8.54. The van der Waals surface area contributed by atoms with E-state index in [9.17, 15) is 0 Å². The molecule has 216 valence electrons. The molecule has 0 spiro atoms. The van der Waals surface area contributed by atoms with Crippen molar-refractivity contribution in [2.75, 3.05) is 20.3 Å². The van der Waals surface area contributed by atoms with Gasteiger partial charge in [0.2, 0.25) is 5.88 Å². The first-order chi connectivity index (χ1) is 19.5. The van der Waals surface area contributed by atoms with Gasteiger partial charge >= 0.3 is 0 Å². The van der Waals surface area contributed by atoms with Gasteiger partial charge in [-0.05, 0) is 61.7 Å². The van der Waals surface area contributed by atoms with E-state index in [-0.39, 0.29) is 0 Å². The molecule has 1 saturated carbocycles. The molecule has 7 nitrogen and oxygen atoms in total. The third kappa shape index (κ3) is 7.36. The Balaban J connectivity index is 1.41. The van der Waals surface area contributed by atoms with Crippen LogP contribution in [0.15, 0.2) is 55.0 Å². The van der Waals surface area contributed by atoms with Gasteiger partial charge < -0.3 is 18.8 Å². The van der Waals surface area contributed by atoms with Gasteiger partial charge in [0.05, 0.1) is 24.4 Å². The van der Waals surface area contributed by atoms with E-state index >= 15 is 0 Å². The average Bonchev–Trinajstić information content (AvgIpc) is 3.53. The summed E-state index contributed by atoms with van der Waals surface area (Å²) < 4.78 is 19.3. The lowest BCUT2D eigenvalue weighted by atomic mass is 10.0. The van der Waals surface area contributed by atoms with Crippen molar-refractivity contribution in [1.29, 1.82) is 0 Å². The second-order valence-electron chi connectivity index (χ2n) is 12.5. The minimum absolute atomic E-state index is 0.305. The monoisotopic (exact) mass is 590 g/mol. The highest BCUT2D eigenvalue weighted by Gasteiger charge is 2.38. The average molecular weight is 591 g/mol. The van der Waals surface area contributed by atoms with Crippen LogP contribution in [0.3, 0.4) is 0 Å². The van der Waals surface area contributed by atoms with Crippen LogP contribution in [0.25, 0.3) is 33.9 Å². The van der Waals surface area contributed by atoms with Crippen LogP contribution in [0.4, 0.5) is 0 Å². The van der Waals surface area contributed by atoms with Crippen LogP contribution < -0.4 is 9.47 Å². The maximum atomic E-state index is 6.88. The van der Waals surface area contributed by atoms with Gasteiger partial charge in [-0.25, -0.2) is 9.97 Å². The summed E-state index contributed by atoms with van der Waals surface area (Å²) in [5.41, 5.74) is 5.61. The number of hydrogen-bond donors (Lipinski definition) is 0. The molecule has 0 atom stereocenters. The number of benzene rings is 1. The first-order valence-corrected chi connectivity index (χ1v) is 18.2. The fraction of sp³-hybridized carbons (Fsp3) is 0.406. The number of ether oxygens (including phenoxy) is 3. The van der Waals surface area contributed by atoms with E-state index < -0.39 is 8.07 Å². The molecule has 0 aliphatic heterocycles. The third-order valence-electron chi connectivity index (χ3n) is 7.51. The second-order valence-corrected chi connectivity index (χ2v) is 18.5. The number of nitrogens with zero attached hydrogens (tertiary/aromatic N) is 4. The molecular formula is C32H39ClN4O3Si. The molecule has 1 aliphatic rings. The molecule has 5 rings (SSSR count). The van der Waals surface area contributed by atoms with Crippen LogP contribution in [0.1, 0.15) is 25.3 Å². The van der Waals surface area contributed by atoms with Gasteiger partial charge in [-0.2, -0.15) is 0 Å². The number of aromatic nitrogens is 4. The van der Waals surface area contributed by atoms with Gasteiger partial charge in [0.1, 0.15) is 18.2 Å². The molecule has 0 N–H and O–H groups in total. The molecule has 0 saturated heterocycles. The van der Waals surface area contributed by atoms with Crippen molar-refractivity contribution in [3.8, 4) is 45.5 Å². The highest BCUT2D eigenvalue weighted by molar-refractivity contribution is 6.76. The predicted molar refractivity (Wildman–Crippen MR) is 167 cm³/mol. The van der Waals surface area contributed by atoms with E-state index in [1.807, 2.05) is 59.6 Å². The van der Waals surface area contributed by atoms with E-state index in [0.717, 1.165) is 39.7 Å². The van der Waals surface area contributed by atoms with Crippen LogP contribution in [0, 0.1) is 12.3 Å². The normalized spacial score (nSPS) is 14.2. The lowest BCUT2D eigenvalue weighted by molar-refractivity contribution is 0.0882. The van der Waals surface area contributed by atoms with Crippen LogP contribution in [-0.2, 0) is 11.5 Å². The highest BCUT2D eigenvalue weighted by atomic mass is 35.5. The number of halogens is 1. The quantitative estimate of drug-likeness (QED) is 0.122. The van der Waals surface area contributed by atoms with E-state index in [0.29, 0.717) is 47.8 Å². The molecule has 0 radical (unpaired) electrons. The Labute approximate surface area is 248 Å². The van der Waals surface area contributed by atoms with Crippen LogP contribution in [0.5, 0.6) is 11.6 Å². The molecule has 1 aromatic carbocycles. The molecule has 3 aromatic heterocycles. The summed E-state index contributed by atoms with van der Waals surface area (Å²) in [5, 5.41) is 0.513. The highest BCUT2D eigenvalue weighted by Crippen LogP contribution is 2.45. The van der Waals surface area contributed by atoms with Gasteiger partial charge in [-0.3, -0.25) is 4.98 Å². The minimum Gasteiger partial charge on any atom is -0.497 e. The van der Waals surface area contributed by atoms with Gasteiger partial charge in [0.25, 0.3) is 0 Å². The Morgan fingerprint density at radius 3 is 2.41 bits per heavy atom. The molecule has 9 heteroatoms. The zero-order valence-electron chi connectivity index (χ0n) is 24.8. The van der Waals surface area contributed by atoms with Crippen LogP contribution in [0.2, 0.25) is 30.7 Å². The number of imidazole rings is 1. The Bertz CT molecular complexity index is 1510. The molecule has 41 heavy (non-hydrogen) atoms. The summed E-state index contributed by atoms with van der Waals surface area (Å²) in [6.45, 7) is 13.1.